The SMILES string of the molecule is OC(c1ccc2ccccc2c1)C1CC2CCC1C2. The lowest BCUT2D eigenvalue weighted by Gasteiger charge is -2.27. The summed E-state index contributed by atoms with van der Waals surface area (Å²) in [5, 5.41) is 13.2. The van der Waals surface area contributed by atoms with Gasteiger partial charge in [-0.05, 0) is 59.4 Å². The van der Waals surface area contributed by atoms with Gasteiger partial charge in [-0.1, -0.05) is 42.8 Å². The van der Waals surface area contributed by atoms with Gasteiger partial charge in [0, 0.05) is 0 Å². The standard InChI is InChI=1S/C18H20O/c19-18(17-10-12-5-6-15(17)9-12)16-8-7-13-3-1-2-4-14(13)11-16/h1-4,7-8,11-12,15,17-19H,5-6,9-10H2. The van der Waals surface area contributed by atoms with Crippen molar-refractivity contribution < 1.29 is 5.11 Å². The van der Waals surface area contributed by atoms with Crippen LogP contribution in [0.2, 0.25) is 0 Å². The molecule has 4 unspecified atom stereocenters. The van der Waals surface area contributed by atoms with Crippen LogP contribution in [-0.2, 0) is 0 Å². The van der Waals surface area contributed by atoms with Gasteiger partial charge < -0.3 is 5.11 Å². The minimum Gasteiger partial charge on any atom is -0.388 e. The molecule has 4 atom stereocenters. The number of hydrogen-bond donors (Lipinski definition) is 1. The van der Waals surface area contributed by atoms with E-state index in [2.05, 4.69) is 42.5 Å². The van der Waals surface area contributed by atoms with Crippen LogP contribution in [0.1, 0.15) is 37.4 Å². The number of aliphatic hydroxyl groups is 1. The van der Waals surface area contributed by atoms with Crippen LogP contribution in [0.15, 0.2) is 42.5 Å². The molecule has 2 bridgehead atoms. The molecule has 0 spiro atoms. The van der Waals surface area contributed by atoms with Gasteiger partial charge in [0.15, 0.2) is 0 Å². The fourth-order valence-corrected chi connectivity index (χ4v) is 4.32. The first-order chi connectivity index (χ1) is 9.31. The number of fused-ring (bicyclic) bond motifs is 3. The van der Waals surface area contributed by atoms with E-state index in [0.29, 0.717) is 5.92 Å². The van der Waals surface area contributed by atoms with Crippen LogP contribution in [0.4, 0.5) is 0 Å². The molecular formula is C18H20O. The first kappa shape index (κ1) is 11.5. The van der Waals surface area contributed by atoms with Crippen molar-refractivity contribution in [3.8, 4) is 0 Å². The Morgan fingerprint density at radius 2 is 1.79 bits per heavy atom. The smallest absolute Gasteiger partial charge is 0.0821 e. The normalized spacial score (nSPS) is 30.9. The van der Waals surface area contributed by atoms with E-state index in [1.807, 2.05) is 0 Å². The molecule has 2 fully saturated rings. The van der Waals surface area contributed by atoms with Crippen LogP contribution in [0.5, 0.6) is 0 Å². The van der Waals surface area contributed by atoms with Gasteiger partial charge in [-0.2, -0.15) is 0 Å². The largest absolute Gasteiger partial charge is 0.388 e. The van der Waals surface area contributed by atoms with E-state index in [1.165, 1.54) is 36.5 Å². The van der Waals surface area contributed by atoms with Gasteiger partial charge >= 0.3 is 0 Å². The highest BCUT2D eigenvalue weighted by atomic mass is 16.3. The van der Waals surface area contributed by atoms with Gasteiger partial charge in [-0.15, -0.1) is 0 Å². The zero-order valence-electron chi connectivity index (χ0n) is 11.1. The second kappa shape index (κ2) is 4.35. The Hall–Kier alpha value is -1.34. The predicted octanol–water partition coefficient (Wildman–Crippen LogP) is 4.31. The van der Waals surface area contributed by atoms with Crippen LogP contribution >= 0.6 is 0 Å². The zero-order valence-corrected chi connectivity index (χ0v) is 11.1. The van der Waals surface area contributed by atoms with E-state index in [-0.39, 0.29) is 6.10 Å². The lowest BCUT2D eigenvalue weighted by molar-refractivity contribution is 0.0746. The number of benzene rings is 2. The monoisotopic (exact) mass is 252 g/mol. The number of rotatable bonds is 2. The molecule has 0 heterocycles. The fourth-order valence-electron chi connectivity index (χ4n) is 4.32. The van der Waals surface area contributed by atoms with Crippen LogP contribution in [0, 0.1) is 17.8 Å². The van der Waals surface area contributed by atoms with Gasteiger partial charge in [0.05, 0.1) is 6.10 Å². The van der Waals surface area contributed by atoms with Crippen molar-refractivity contribution in [1.29, 1.82) is 0 Å². The average molecular weight is 252 g/mol. The summed E-state index contributed by atoms with van der Waals surface area (Å²) >= 11 is 0. The highest BCUT2D eigenvalue weighted by molar-refractivity contribution is 5.83. The third kappa shape index (κ3) is 1.88. The highest BCUT2D eigenvalue weighted by Gasteiger charge is 2.42. The van der Waals surface area contributed by atoms with Gasteiger partial charge in [0.25, 0.3) is 0 Å². The molecule has 2 aliphatic carbocycles. The summed E-state index contributed by atoms with van der Waals surface area (Å²) in [6.45, 7) is 0. The summed E-state index contributed by atoms with van der Waals surface area (Å²) in [4.78, 5) is 0. The second-order valence-electron chi connectivity index (χ2n) is 6.39. The predicted molar refractivity (Wildman–Crippen MR) is 77.8 cm³/mol. The molecule has 1 nitrogen and oxygen atoms in total. The van der Waals surface area contributed by atoms with Crippen molar-refractivity contribution in [3.05, 3.63) is 48.0 Å². The van der Waals surface area contributed by atoms with Crippen molar-refractivity contribution in [2.45, 2.75) is 31.8 Å². The van der Waals surface area contributed by atoms with Crippen LogP contribution < -0.4 is 0 Å². The van der Waals surface area contributed by atoms with Crippen molar-refractivity contribution in [3.63, 3.8) is 0 Å². The molecule has 0 saturated heterocycles. The minimum absolute atomic E-state index is 0.264. The Labute approximate surface area is 114 Å². The average Bonchev–Trinajstić information content (AvgIpc) is 3.08. The summed E-state index contributed by atoms with van der Waals surface area (Å²) in [6, 6.07) is 14.8. The van der Waals surface area contributed by atoms with E-state index >= 15 is 0 Å². The lowest BCUT2D eigenvalue weighted by Crippen LogP contribution is -2.19. The Balaban J connectivity index is 1.66. The van der Waals surface area contributed by atoms with Gasteiger partial charge in [0.2, 0.25) is 0 Å². The summed E-state index contributed by atoms with van der Waals surface area (Å²) < 4.78 is 0. The quantitative estimate of drug-likeness (QED) is 0.844. The molecule has 98 valence electrons. The Morgan fingerprint density at radius 3 is 2.53 bits per heavy atom. The molecular weight excluding hydrogens is 232 g/mol. The molecule has 1 N–H and O–H groups in total. The topological polar surface area (TPSA) is 20.2 Å². The third-order valence-corrected chi connectivity index (χ3v) is 5.31. The van der Waals surface area contributed by atoms with Crippen molar-refractivity contribution >= 4 is 10.8 Å². The highest BCUT2D eigenvalue weighted by Crippen LogP contribution is 2.52. The summed E-state index contributed by atoms with van der Waals surface area (Å²) in [7, 11) is 0. The molecule has 2 aliphatic rings. The van der Waals surface area contributed by atoms with E-state index in [9.17, 15) is 5.11 Å². The van der Waals surface area contributed by atoms with Gasteiger partial charge in [-0.3, -0.25) is 0 Å². The first-order valence-electron chi connectivity index (χ1n) is 7.48. The molecule has 4 rings (SSSR count). The fraction of sp³-hybridized carbons (Fsp3) is 0.444. The second-order valence-corrected chi connectivity index (χ2v) is 6.39. The molecule has 2 saturated carbocycles. The molecule has 0 aliphatic heterocycles. The number of hydrogen-bond acceptors (Lipinski definition) is 1. The van der Waals surface area contributed by atoms with Crippen LogP contribution in [-0.4, -0.2) is 5.11 Å². The summed E-state index contributed by atoms with van der Waals surface area (Å²) in [5.74, 6) is 2.16. The summed E-state index contributed by atoms with van der Waals surface area (Å²) in [5.41, 5.74) is 1.11. The molecule has 2 aromatic carbocycles. The third-order valence-electron chi connectivity index (χ3n) is 5.31. The maximum absolute atomic E-state index is 10.7. The molecule has 19 heavy (non-hydrogen) atoms. The molecule has 0 radical (unpaired) electrons. The molecule has 2 aromatic rings. The summed E-state index contributed by atoms with van der Waals surface area (Å²) in [6.07, 6.45) is 5.06. The molecule has 0 aromatic heterocycles. The van der Waals surface area contributed by atoms with Crippen molar-refractivity contribution in [2.24, 2.45) is 17.8 Å². The van der Waals surface area contributed by atoms with Gasteiger partial charge in [0.1, 0.15) is 0 Å². The molecule has 0 amide bonds. The number of aliphatic hydroxyl groups excluding tert-OH is 1. The van der Waals surface area contributed by atoms with E-state index < -0.39 is 0 Å². The van der Waals surface area contributed by atoms with Gasteiger partial charge in [-0.25, -0.2) is 0 Å². The zero-order chi connectivity index (χ0) is 12.8. The first-order valence-corrected chi connectivity index (χ1v) is 7.48. The maximum atomic E-state index is 10.7. The Morgan fingerprint density at radius 1 is 0.947 bits per heavy atom. The Bertz CT molecular complexity index is 603. The van der Waals surface area contributed by atoms with Crippen molar-refractivity contribution in [1.82, 2.24) is 0 Å². The molecule has 1 heteroatoms. The maximum Gasteiger partial charge on any atom is 0.0821 e. The van der Waals surface area contributed by atoms with Crippen molar-refractivity contribution in [2.75, 3.05) is 0 Å². The lowest BCUT2D eigenvalue weighted by atomic mass is 9.82. The van der Waals surface area contributed by atoms with Crippen LogP contribution in [0.25, 0.3) is 10.8 Å². The Kier molecular flexibility index (Phi) is 2.63. The van der Waals surface area contributed by atoms with Crippen LogP contribution in [0.3, 0.4) is 0 Å². The van der Waals surface area contributed by atoms with E-state index in [0.717, 1.165) is 17.4 Å². The van der Waals surface area contributed by atoms with E-state index in [1.54, 1.807) is 0 Å². The van der Waals surface area contributed by atoms with E-state index in [4.69, 9.17) is 0 Å². The minimum atomic E-state index is -0.264.